The van der Waals surface area contributed by atoms with Crippen molar-refractivity contribution < 1.29 is 30.0 Å². The van der Waals surface area contributed by atoms with Gasteiger partial charge in [0.1, 0.15) is 5.76 Å². The number of ketones is 1. The molecule has 6 heteroatoms. The molecule has 3 aromatic heterocycles. The Labute approximate surface area is 341 Å². The Bertz CT molecular complexity index is 2020. The minimum absolute atomic E-state index is 0. The van der Waals surface area contributed by atoms with Crippen LogP contribution >= 0.6 is 22.7 Å². The molecule has 0 unspecified atom stereocenters. The molecule has 5 rings (SSSR count). The third-order valence-electron chi connectivity index (χ3n) is 11.4. The second kappa shape index (κ2) is 18.6. The smallest absolute Gasteiger partial charge is 0.164 e. The van der Waals surface area contributed by atoms with Crippen LogP contribution in [0.3, 0.4) is 0 Å². The van der Waals surface area contributed by atoms with Gasteiger partial charge in [0.2, 0.25) is 0 Å². The van der Waals surface area contributed by atoms with E-state index >= 15 is 0 Å². The largest absolute Gasteiger partial charge is 0.512 e. The van der Waals surface area contributed by atoms with Crippen LogP contribution in [0.4, 0.5) is 0 Å². The van der Waals surface area contributed by atoms with Gasteiger partial charge in [0, 0.05) is 68.2 Å². The maximum Gasteiger partial charge on any atom is 0.164 e. The van der Waals surface area contributed by atoms with Crippen molar-refractivity contribution in [1.29, 1.82) is 0 Å². The fraction of sp³-hybridized carbons (Fsp3) is 0.447. The van der Waals surface area contributed by atoms with Crippen molar-refractivity contribution in [2.45, 2.75) is 122 Å². The van der Waals surface area contributed by atoms with Crippen molar-refractivity contribution in [3.8, 4) is 31.5 Å². The van der Waals surface area contributed by atoms with Crippen LogP contribution in [-0.2, 0) is 31.3 Å². The number of benzene rings is 2. The number of aliphatic hydroxyl groups excluding tert-OH is 1. The standard InChI is InChI=1S/C32H32NS2.C15H28O2.Ir/c1-18(2)14-24-8-10-25(11-9-24)29-21(5)22(6)30(34-29)31-23(7)27-12-13-33-28(32(27)35-31)26-16-19(3)15-20(4)17-26;1-7-14(5,8-2)12(16)11-13(17)15(6,9-3)10-4;/h8-13,15-16,18H,14H2,1-7H3;11,16H,7-10H2,1-6H3;/q-1;;/b;12-11-;. The Balaban J connectivity index is 0.000000359. The molecule has 0 aliphatic carbocycles. The number of hydrogen-bond donors (Lipinski definition) is 1. The van der Waals surface area contributed by atoms with Gasteiger partial charge in [0.05, 0.1) is 0 Å². The van der Waals surface area contributed by atoms with Gasteiger partial charge in [-0.3, -0.25) is 4.79 Å². The van der Waals surface area contributed by atoms with E-state index in [0.717, 1.165) is 48.9 Å². The maximum atomic E-state index is 12.2. The predicted molar refractivity (Wildman–Crippen MR) is 228 cm³/mol. The quantitative estimate of drug-likeness (QED) is 0.0770. The topological polar surface area (TPSA) is 50.2 Å². The number of thiophene rings is 2. The van der Waals surface area contributed by atoms with Crippen molar-refractivity contribution in [2.75, 3.05) is 0 Å². The molecule has 0 aliphatic rings. The van der Waals surface area contributed by atoms with Gasteiger partial charge >= 0.3 is 0 Å². The third kappa shape index (κ3) is 9.86. The fourth-order valence-corrected chi connectivity index (χ4v) is 9.48. The van der Waals surface area contributed by atoms with Gasteiger partial charge in [0.15, 0.2) is 5.78 Å². The molecule has 0 spiro atoms. The van der Waals surface area contributed by atoms with E-state index in [4.69, 9.17) is 4.98 Å². The molecule has 0 amide bonds. The van der Waals surface area contributed by atoms with Crippen molar-refractivity contribution >= 4 is 38.5 Å². The zero-order chi connectivity index (χ0) is 38.5. The molecule has 1 N–H and O–H groups in total. The first-order chi connectivity index (χ1) is 24.5. The van der Waals surface area contributed by atoms with Gasteiger partial charge in [-0.2, -0.15) is 0 Å². The number of aliphatic hydroxyl groups is 1. The Morgan fingerprint density at radius 2 is 1.38 bits per heavy atom. The second-order valence-corrected chi connectivity index (χ2v) is 17.6. The normalized spacial score (nSPS) is 12.2. The molecule has 5 aromatic rings. The number of rotatable bonds is 12. The first kappa shape index (κ1) is 44.5. The Hall–Kier alpha value is -2.89. The molecule has 53 heavy (non-hydrogen) atoms. The third-order valence-corrected chi connectivity index (χ3v) is 14.3. The number of aryl methyl sites for hydroxylation is 3. The Kier molecular flexibility index (Phi) is 15.6. The van der Waals surface area contributed by atoms with Crippen molar-refractivity contribution in [1.82, 2.24) is 4.98 Å². The predicted octanol–water partition coefficient (Wildman–Crippen LogP) is 14.5. The summed E-state index contributed by atoms with van der Waals surface area (Å²) in [5, 5.41) is 11.4. The van der Waals surface area contributed by atoms with Crippen LogP contribution in [0.1, 0.15) is 114 Å². The van der Waals surface area contributed by atoms with Gasteiger partial charge in [-0.05, 0) is 98.1 Å². The van der Waals surface area contributed by atoms with E-state index < -0.39 is 0 Å². The van der Waals surface area contributed by atoms with Crippen LogP contribution in [0.25, 0.3) is 41.5 Å². The van der Waals surface area contributed by atoms with Crippen LogP contribution in [0.2, 0.25) is 0 Å². The van der Waals surface area contributed by atoms with E-state index in [9.17, 15) is 9.90 Å². The molecule has 0 saturated carbocycles. The molecule has 0 bridgehead atoms. The number of hydrogen-bond acceptors (Lipinski definition) is 5. The molecule has 3 heterocycles. The zero-order valence-corrected chi connectivity index (χ0v) is 38.3. The number of allylic oxidation sites excluding steroid dienone is 2. The van der Waals surface area contributed by atoms with Gasteiger partial charge in [-0.25, -0.2) is 0 Å². The SMILES string of the molecule is CCC(C)(CC)C(=O)/C=C(\O)C(C)(CC)CC.Cc1[c-]c(-c2nccc3c(C)c(-c4sc(-c5ccc(CC(C)C)cc5)c(C)c4C)sc23)cc(C)c1.[Ir]. The van der Waals surface area contributed by atoms with Crippen LogP contribution in [0.5, 0.6) is 0 Å². The molecule has 1 radical (unpaired) electrons. The number of carbonyl (C=O) groups excluding carboxylic acids is 1. The first-order valence-corrected chi connectivity index (χ1v) is 20.7. The molecule has 0 saturated heterocycles. The van der Waals surface area contributed by atoms with Crippen molar-refractivity contribution in [3.05, 3.63) is 99.9 Å². The minimum Gasteiger partial charge on any atom is -0.512 e. The summed E-state index contributed by atoms with van der Waals surface area (Å²) in [4.78, 5) is 21.1. The molecule has 0 atom stereocenters. The van der Waals surface area contributed by atoms with E-state index in [2.05, 4.69) is 97.0 Å². The van der Waals surface area contributed by atoms with Crippen molar-refractivity contribution in [3.63, 3.8) is 0 Å². The number of fused-ring (bicyclic) bond motifs is 1. The van der Waals surface area contributed by atoms with E-state index in [-0.39, 0.29) is 42.5 Å². The molecule has 3 nitrogen and oxygen atoms in total. The summed E-state index contributed by atoms with van der Waals surface area (Å²) in [6.45, 7) is 27.7. The Morgan fingerprint density at radius 1 is 0.811 bits per heavy atom. The fourth-order valence-electron chi connectivity index (χ4n) is 6.61. The summed E-state index contributed by atoms with van der Waals surface area (Å²) >= 11 is 3.81. The van der Waals surface area contributed by atoms with E-state index in [0.29, 0.717) is 5.92 Å². The molecule has 2 aromatic carbocycles. The molecule has 0 aliphatic heterocycles. The summed E-state index contributed by atoms with van der Waals surface area (Å²) in [6, 6.07) is 19.3. The minimum atomic E-state index is -0.337. The number of carbonyl (C=O) groups is 1. The molecular weight excluding hydrogens is 867 g/mol. The second-order valence-electron chi connectivity index (χ2n) is 15.6. The number of pyridine rings is 1. The maximum absolute atomic E-state index is 12.2. The Morgan fingerprint density at radius 3 is 1.92 bits per heavy atom. The van der Waals surface area contributed by atoms with Gasteiger partial charge in [0.25, 0.3) is 0 Å². The summed E-state index contributed by atoms with van der Waals surface area (Å²) in [5.41, 5.74) is 10.8. The van der Waals surface area contributed by atoms with Crippen LogP contribution < -0.4 is 0 Å². The van der Waals surface area contributed by atoms with Gasteiger partial charge in [-0.1, -0.05) is 93.5 Å². The monoisotopic (exact) mass is 927 g/mol. The summed E-state index contributed by atoms with van der Waals surface area (Å²) in [6.07, 6.45) is 7.83. The molecule has 0 fully saturated rings. The first-order valence-electron chi connectivity index (χ1n) is 19.1. The average Bonchev–Trinajstić information content (AvgIpc) is 3.61. The van der Waals surface area contributed by atoms with Crippen molar-refractivity contribution in [2.24, 2.45) is 16.7 Å². The summed E-state index contributed by atoms with van der Waals surface area (Å²) in [7, 11) is 0. The molecular formula is C47H60IrNO2S2-. The van der Waals surface area contributed by atoms with E-state index in [1.165, 1.54) is 64.2 Å². The van der Waals surface area contributed by atoms with Crippen LogP contribution in [-0.4, -0.2) is 15.9 Å². The number of nitrogens with zero attached hydrogens (tertiary/aromatic N) is 1. The van der Waals surface area contributed by atoms with Gasteiger partial charge in [-0.15, -0.1) is 57.6 Å². The zero-order valence-electron chi connectivity index (χ0n) is 34.3. The summed E-state index contributed by atoms with van der Waals surface area (Å²) < 4.78 is 1.26. The van der Waals surface area contributed by atoms with Crippen LogP contribution in [0.15, 0.2) is 60.5 Å². The van der Waals surface area contributed by atoms with E-state index in [1.54, 1.807) is 0 Å². The van der Waals surface area contributed by atoms with Crippen LogP contribution in [0, 0.1) is 57.4 Å². The summed E-state index contributed by atoms with van der Waals surface area (Å²) in [5.74, 6) is 0.962. The average molecular weight is 927 g/mol. The van der Waals surface area contributed by atoms with E-state index in [1.807, 2.05) is 70.4 Å². The molecule has 287 valence electrons. The van der Waals surface area contributed by atoms with Gasteiger partial charge < -0.3 is 10.1 Å². The number of aromatic nitrogens is 1.